The molecule has 8 heteroatoms. The first-order chi connectivity index (χ1) is 11.2. The molecule has 0 aliphatic carbocycles. The molecule has 2 aromatic rings. The van der Waals surface area contributed by atoms with E-state index in [9.17, 15) is 24.6 Å². The molecule has 1 atom stereocenters. The van der Waals surface area contributed by atoms with E-state index in [2.05, 4.69) is 0 Å². The number of carboxylic acids is 2. The second-order valence-corrected chi connectivity index (χ2v) is 5.19. The van der Waals surface area contributed by atoms with Crippen LogP contribution in [0.3, 0.4) is 0 Å². The Balaban J connectivity index is 2.28. The van der Waals surface area contributed by atoms with Gasteiger partial charge in [0.25, 0.3) is 0 Å². The minimum absolute atomic E-state index is 0.193. The van der Waals surface area contributed by atoms with Crippen LogP contribution >= 0.6 is 0 Å². The van der Waals surface area contributed by atoms with Crippen molar-refractivity contribution in [3.05, 3.63) is 36.4 Å². The van der Waals surface area contributed by atoms with E-state index in [1.54, 1.807) is 30.3 Å². The van der Waals surface area contributed by atoms with Crippen molar-refractivity contribution in [2.24, 2.45) is 0 Å². The van der Waals surface area contributed by atoms with Crippen molar-refractivity contribution in [2.75, 3.05) is 0 Å². The Morgan fingerprint density at radius 1 is 1.00 bits per heavy atom. The molecule has 1 unspecified atom stereocenters. The fourth-order valence-corrected chi connectivity index (χ4v) is 2.19. The van der Waals surface area contributed by atoms with Crippen molar-refractivity contribution in [2.45, 2.75) is 18.4 Å². The van der Waals surface area contributed by atoms with E-state index >= 15 is 0 Å². The summed E-state index contributed by atoms with van der Waals surface area (Å²) in [5, 5.41) is 38.4. The molecule has 8 nitrogen and oxygen atoms in total. The number of aromatic hydroxyl groups is 1. The topological polar surface area (TPSA) is 141 Å². The van der Waals surface area contributed by atoms with Crippen LogP contribution in [0.1, 0.15) is 12.8 Å². The van der Waals surface area contributed by atoms with Crippen LogP contribution < -0.4 is 4.74 Å². The number of carbonyl (C=O) groups is 3. The van der Waals surface area contributed by atoms with E-state index in [0.717, 1.165) is 0 Å². The average Bonchev–Trinajstić information content (AvgIpc) is 2.49. The van der Waals surface area contributed by atoms with Crippen LogP contribution in [-0.4, -0.2) is 43.9 Å². The summed E-state index contributed by atoms with van der Waals surface area (Å²) in [6.07, 6.45) is -2.25. The van der Waals surface area contributed by atoms with Gasteiger partial charge in [0.2, 0.25) is 0 Å². The number of phenols is 1. The normalized spacial score (nSPS) is 13.2. The number of aliphatic hydroxyl groups is 1. The average molecular weight is 334 g/mol. The van der Waals surface area contributed by atoms with Gasteiger partial charge in [0, 0.05) is 5.39 Å². The Hall–Kier alpha value is -3.13. The van der Waals surface area contributed by atoms with Gasteiger partial charge in [0.1, 0.15) is 0 Å². The van der Waals surface area contributed by atoms with Gasteiger partial charge in [-0.1, -0.05) is 30.3 Å². The standard InChI is InChI=1S/C16H14O8/c17-11-6-5-9-3-1-2-4-10(9)14(11)24-13(20)8-16(23,15(21)22)7-12(18)19/h1-6,17,23H,7-8H2,(H,18,19)(H,21,22). The van der Waals surface area contributed by atoms with Crippen LogP contribution in [0.4, 0.5) is 0 Å². The number of aliphatic carboxylic acids is 2. The third-order valence-corrected chi connectivity index (χ3v) is 3.35. The summed E-state index contributed by atoms with van der Waals surface area (Å²) in [7, 11) is 0. The molecule has 0 radical (unpaired) electrons. The zero-order chi connectivity index (χ0) is 17.9. The first-order valence-electron chi connectivity index (χ1n) is 6.82. The molecule has 0 fully saturated rings. The van der Waals surface area contributed by atoms with E-state index in [4.69, 9.17) is 14.9 Å². The van der Waals surface area contributed by atoms with Crippen LogP contribution in [0, 0.1) is 0 Å². The first kappa shape index (κ1) is 17.2. The Bertz CT molecular complexity index is 813. The number of rotatable bonds is 6. The van der Waals surface area contributed by atoms with Crippen LogP contribution in [0.2, 0.25) is 0 Å². The van der Waals surface area contributed by atoms with Gasteiger partial charge in [-0.25, -0.2) is 4.79 Å². The zero-order valence-electron chi connectivity index (χ0n) is 12.3. The minimum atomic E-state index is -2.80. The van der Waals surface area contributed by atoms with E-state index in [-0.39, 0.29) is 11.5 Å². The second-order valence-electron chi connectivity index (χ2n) is 5.19. The molecule has 0 saturated carbocycles. The predicted molar refractivity (Wildman–Crippen MR) is 80.7 cm³/mol. The highest BCUT2D eigenvalue weighted by molar-refractivity contribution is 5.94. The van der Waals surface area contributed by atoms with Gasteiger partial charge in [-0.15, -0.1) is 0 Å². The fraction of sp³-hybridized carbons (Fsp3) is 0.188. The largest absolute Gasteiger partial charge is 0.504 e. The highest BCUT2D eigenvalue weighted by Crippen LogP contribution is 2.35. The molecule has 126 valence electrons. The molecule has 24 heavy (non-hydrogen) atoms. The lowest BCUT2D eigenvalue weighted by atomic mass is 9.96. The summed E-state index contributed by atoms with van der Waals surface area (Å²) in [5.41, 5.74) is -2.80. The monoisotopic (exact) mass is 334 g/mol. The number of phenolic OH excluding ortho intramolecular Hbond substituents is 1. The zero-order valence-corrected chi connectivity index (χ0v) is 12.3. The van der Waals surface area contributed by atoms with E-state index < -0.39 is 36.4 Å². The van der Waals surface area contributed by atoms with Crippen LogP contribution in [-0.2, 0) is 14.4 Å². The van der Waals surface area contributed by atoms with Crippen molar-refractivity contribution < 1.29 is 39.5 Å². The van der Waals surface area contributed by atoms with Crippen LogP contribution in [0.15, 0.2) is 36.4 Å². The third-order valence-electron chi connectivity index (χ3n) is 3.35. The summed E-state index contributed by atoms with van der Waals surface area (Å²) >= 11 is 0. The lowest BCUT2D eigenvalue weighted by molar-refractivity contribution is -0.169. The Morgan fingerprint density at radius 2 is 1.67 bits per heavy atom. The number of fused-ring (bicyclic) bond motifs is 1. The van der Waals surface area contributed by atoms with Gasteiger partial charge in [-0.3, -0.25) is 9.59 Å². The highest BCUT2D eigenvalue weighted by atomic mass is 16.5. The van der Waals surface area contributed by atoms with Gasteiger partial charge in [-0.2, -0.15) is 0 Å². The maximum Gasteiger partial charge on any atom is 0.336 e. The number of carboxylic acid groups (broad SMARTS) is 2. The number of esters is 1. The van der Waals surface area contributed by atoms with E-state index in [1.807, 2.05) is 0 Å². The predicted octanol–water partition coefficient (Wildman–Crippen LogP) is 1.13. The maximum atomic E-state index is 12.0. The molecule has 0 spiro atoms. The van der Waals surface area contributed by atoms with Crippen molar-refractivity contribution >= 4 is 28.7 Å². The highest BCUT2D eigenvalue weighted by Gasteiger charge is 2.41. The molecule has 0 aromatic heterocycles. The lowest BCUT2D eigenvalue weighted by Gasteiger charge is -2.20. The van der Waals surface area contributed by atoms with Gasteiger partial charge < -0.3 is 25.2 Å². The molecule has 0 heterocycles. The molecule has 2 aromatic carbocycles. The minimum Gasteiger partial charge on any atom is -0.504 e. The molecule has 0 bridgehead atoms. The second kappa shape index (κ2) is 6.55. The SMILES string of the molecule is O=C(O)CC(O)(CC(=O)Oc1c(O)ccc2ccccc12)C(=O)O. The Labute approximate surface area is 135 Å². The number of ether oxygens (including phenoxy) is 1. The molecular formula is C16H14O8. The quantitative estimate of drug-likeness (QED) is 0.455. The van der Waals surface area contributed by atoms with E-state index in [0.29, 0.717) is 10.8 Å². The molecule has 0 aliphatic heterocycles. The fourth-order valence-electron chi connectivity index (χ4n) is 2.19. The number of hydrogen-bond donors (Lipinski definition) is 4. The molecule has 4 N–H and O–H groups in total. The lowest BCUT2D eigenvalue weighted by Crippen LogP contribution is -2.43. The van der Waals surface area contributed by atoms with Gasteiger partial charge >= 0.3 is 17.9 Å². The molecular weight excluding hydrogens is 320 g/mol. The summed E-state index contributed by atoms with van der Waals surface area (Å²) in [6.45, 7) is 0. The maximum absolute atomic E-state index is 12.0. The van der Waals surface area contributed by atoms with Crippen molar-refractivity contribution in [3.8, 4) is 11.5 Å². The molecule has 2 rings (SSSR count). The first-order valence-corrected chi connectivity index (χ1v) is 6.82. The van der Waals surface area contributed by atoms with E-state index in [1.165, 1.54) is 6.07 Å². The van der Waals surface area contributed by atoms with Crippen molar-refractivity contribution in [1.29, 1.82) is 0 Å². The molecule has 0 amide bonds. The Kier molecular flexibility index (Phi) is 4.70. The van der Waals surface area contributed by atoms with Crippen molar-refractivity contribution in [3.63, 3.8) is 0 Å². The summed E-state index contributed by atoms with van der Waals surface area (Å²) in [4.78, 5) is 33.7. The Morgan fingerprint density at radius 3 is 2.29 bits per heavy atom. The summed E-state index contributed by atoms with van der Waals surface area (Å²) in [5.74, 6) is -5.17. The van der Waals surface area contributed by atoms with Gasteiger partial charge in [0.15, 0.2) is 17.1 Å². The van der Waals surface area contributed by atoms with Crippen LogP contribution in [0.5, 0.6) is 11.5 Å². The van der Waals surface area contributed by atoms with Gasteiger partial charge in [-0.05, 0) is 11.5 Å². The smallest absolute Gasteiger partial charge is 0.336 e. The number of benzene rings is 2. The summed E-state index contributed by atoms with van der Waals surface area (Å²) in [6, 6.07) is 9.58. The van der Waals surface area contributed by atoms with Crippen molar-refractivity contribution in [1.82, 2.24) is 0 Å². The number of hydrogen-bond acceptors (Lipinski definition) is 6. The third kappa shape index (κ3) is 3.61. The molecule has 0 saturated heterocycles. The van der Waals surface area contributed by atoms with Crippen LogP contribution in [0.25, 0.3) is 10.8 Å². The number of carbonyl (C=O) groups excluding carboxylic acids is 1. The molecule has 0 aliphatic rings. The summed E-state index contributed by atoms with van der Waals surface area (Å²) < 4.78 is 4.98. The van der Waals surface area contributed by atoms with Gasteiger partial charge in [0.05, 0.1) is 12.8 Å².